The number of ether oxygens (including phenoxy) is 1. The molecule has 0 saturated heterocycles. The standard InChI is InChI=1S/C20H20N2O2S2/c23-19-10-7-14-13-15(8-9-16(14)21-19)24-11-3-4-12-25-20-22-17-5-1-2-6-18(17)26-20/h1-2,5-6,8-9,13H,3-4,7,10-12H2,(H,21,23). The molecule has 0 fully saturated rings. The van der Waals surface area contributed by atoms with Gasteiger partial charge in [-0.25, -0.2) is 4.98 Å². The lowest BCUT2D eigenvalue weighted by atomic mass is 10.0. The van der Waals surface area contributed by atoms with Crippen molar-refractivity contribution in [2.24, 2.45) is 0 Å². The summed E-state index contributed by atoms with van der Waals surface area (Å²) in [5.74, 6) is 2.04. The van der Waals surface area contributed by atoms with Gasteiger partial charge in [-0.05, 0) is 55.2 Å². The van der Waals surface area contributed by atoms with Gasteiger partial charge in [0.2, 0.25) is 5.91 Å². The molecule has 3 aromatic rings. The zero-order chi connectivity index (χ0) is 17.8. The Balaban J connectivity index is 1.19. The van der Waals surface area contributed by atoms with E-state index in [2.05, 4.69) is 28.5 Å². The molecule has 1 aliphatic heterocycles. The van der Waals surface area contributed by atoms with Crippen LogP contribution in [0.1, 0.15) is 24.8 Å². The Labute approximate surface area is 161 Å². The van der Waals surface area contributed by atoms with Crippen molar-refractivity contribution < 1.29 is 9.53 Å². The molecule has 26 heavy (non-hydrogen) atoms. The number of fused-ring (bicyclic) bond motifs is 2. The smallest absolute Gasteiger partial charge is 0.224 e. The normalized spacial score (nSPS) is 13.5. The highest BCUT2D eigenvalue weighted by molar-refractivity contribution is 8.01. The largest absolute Gasteiger partial charge is 0.494 e. The molecule has 6 heteroatoms. The molecular formula is C20H20N2O2S2. The third kappa shape index (κ3) is 4.19. The van der Waals surface area contributed by atoms with Crippen LogP contribution in [0.5, 0.6) is 5.75 Å². The summed E-state index contributed by atoms with van der Waals surface area (Å²) in [4.78, 5) is 16.0. The Morgan fingerprint density at radius 3 is 3.00 bits per heavy atom. The van der Waals surface area contributed by atoms with Gasteiger partial charge in [-0.3, -0.25) is 4.79 Å². The van der Waals surface area contributed by atoms with Crippen LogP contribution in [0.15, 0.2) is 46.8 Å². The number of nitrogens with zero attached hydrogens (tertiary/aromatic N) is 1. The number of aryl methyl sites for hydroxylation is 1. The summed E-state index contributed by atoms with van der Waals surface area (Å²) in [6, 6.07) is 14.2. The second-order valence-corrected chi connectivity index (χ2v) is 8.59. The van der Waals surface area contributed by atoms with Crippen LogP contribution in [-0.4, -0.2) is 23.3 Å². The molecule has 2 aromatic carbocycles. The zero-order valence-electron chi connectivity index (χ0n) is 14.4. The van der Waals surface area contributed by atoms with Crippen molar-refractivity contribution in [1.29, 1.82) is 0 Å². The van der Waals surface area contributed by atoms with Gasteiger partial charge in [0.1, 0.15) is 5.75 Å². The van der Waals surface area contributed by atoms with E-state index in [4.69, 9.17) is 4.74 Å². The molecule has 4 rings (SSSR count). The van der Waals surface area contributed by atoms with Crippen molar-refractivity contribution in [2.75, 3.05) is 17.7 Å². The maximum atomic E-state index is 11.4. The van der Waals surface area contributed by atoms with Crippen LogP contribution < -0.4 is 10.1 Å². The fourth-order valence-electron chi connectivity index (χ4n) is 2.92. The molecule has 0 atom stereocenters. The first kappa shape index (κ1) is 17.4. The molecule has 1 aromatic heterocycles. The highest BCUT2D eigenvalue weighted by atomic mass is 32.2. The van der Waals surface area contributed by atoms with Crippen LogP contribution in [0.4, 0.5) is 5.69 Å². The monoisotopic (exact) mass is 384 g/mol. The highest BCUT2D eigenvalue weighted by Gasteiger charge is 2.14. The van der Waals surface area contributed by atoms with Crippen LogP contribution in [0, 0.1) is 0 Å². The zero-order valence-corrected chi connectivity index (χ0v) is 16.0. The van der Waals surface area contributed by atoms with Crippen LogP contribution >= 0.6 is 23.1 Å². The lowest BCUT2D eigenvalue weighted by Gasteiger charge is -2.17. The molecule has 1 aliphatic rings. The molecule has 0 radical (unpaired) electrons. The molecular weight excluding hydrogens is 364 g/mol. The summed E-state index contributed by atoms with van der Waals surface area (Å²) >= 11 is 3.58. The predicted octanol–water partition coefficient (Wildman–Crippen LogP) is 5.13. The van der Waals surface area contributed by atoms with E-state index >= 15 is 0 Å². The maximum absolute atomic E-state index is 11.4. The molecule has 0 unspecified atom stereocenters. The van der Waals surface area contributed by atoms with Crippen molar-refractivity contribution >= 4 is 44.9 Å². The lowest BCUT2D eigenvalue weighted by molar-refractivity contribution is -0.116. The van der Waals surface area contributed by atoms with E-state index in [0.29, 0.717) is 13.0 Å². The molecule has 1 amide bonds. The van der Waals surface area contributed by atoms with E-state index in [9.17, 15) is 4.79 Å². The molecule has 0 spiro atoms. The maximum Gasteiger partial charge on any atom is 0.224 e. The molecule has 4 nitrogen and oxygen atoms in total. The number of carbonyl (C=O) groups excluding carboxylic acids is 1. The van der Waals surface area contributed by atoms with E-state index in [-0.39, 0.29) is 5.91 Å². The first-order chi connectivity index (χ1) is 12.8. The van der Waals surface area contributed by atoms with E-state index in [0.717, 1.165) is 51.9 Å². The Morgan fingerprint density at radius 2 is 2.08 bits per heavy atom. The number of amides is 1. The number of hydrogen-bond acceptors (Lipinski definition) is 5. The lowest BCUT2D eigenvalue weighted by Crippen LogP contribution is -2.18. The highest BCUT2D eigenvalue weighted by Crippen LogP contribution is 2.30. The topological polar surface area (TPSA) is 51.2 Å². The summed E-state index contributed by atoms with van der Waals surface area (Å²) in [5, 5.41) is 2.89. The van der Waals surface area contributed by atoms with Crippen LogP contribution in [-0.2, 0) is 11.2 Å². The molecule has 134 valence electrons. The first-order valence-corrected chi connectivity index (χ1v) is 10.6. The summed E-state index contributed by atoms with van der Waals surface area (Å²) in [5.41, 5.74) is 3.17. The molecule has 0 aliphatic carbocycles. The van der Waals surface area contributed by atoms with Crippen molar-refractivity contribution in [2.45, 2.75) is 30.0 Å². The summed E-state index contributed by atoms with van der Waals surface area (Å²) in [6.07, 6.45) is 3.46. The van der Waals surface area contributed by atoms with Gasteiger partial charge in [0.05, 0.1) is 16.8 Å². The van der Waals surface area contributed by atoms with E-state index in [1.807, 2.05) is 36.0 Å². The number of rotatable bonds is 7. The van der Waals surface area contributed by atoms with Crippen molar-refractivity contribution in [3.63, 3.8) is 0 Å². The second kappa shape index (κ2) is 8.10. The molecule has 0 saturated carbocycles. The fraction of sp³-hybridized carbons (Fsp3) is 0.300. The van der Waals surface area contributed by atoms with Gasteiger partial charge in [0.25, 0.3) is 0 Å². The Bertz CT molecular complexity index is 890. The number of thioether (sulfide) groups is 1. The SMILES string of the molecule is O=C1CCc2cc(OCCCCSc3nc4ccccc4s3)ccc2N1. The van der Waals surface area contributed by atoms with Crippen LogP contribution in [0.3, 0.4) is 0 Å². The van der Waals surface area contributed by atoms with Crippen LogP contribution in [0.2, 0.25) is 0 Å². The minimum Gasteiger partial charge on any atom is -0.494 e. The van der Waals surface area contributed by atoms with Gasteiger partial charge < -0.3 is 10.1 Å². The second-order valence-electron chi connectivity index (χ2n) is 6.22. The van der Waals surface area contributed by atoms with Crippen LogP contribution in [0.25, 0.3) is 10.2 Å². The number of thiazole rings is 1. The first-order valence-electron chi connectivity index (χ1n) is 8.82. The van der Waals surface area contributed by atoms with E-state index in [1.165, 1.54) is 4.70 Å². The van der Waals surface area contributed by atoms with Gasteiger partial charge in [-0.15, -0.1) is 11.3 Å². The number of nitrogens with one attached hydrogen (secondary N) is 1. The number of para-hydroxylation sites is 1. The Morgan fingerprint density at radius 1 is 1.15 bits per heavy atom. The fourth-order valence-corrected chi connectivity index (χ4v) is 5.05. The third-order valence-corrected chi connectivity index (χ3v) is 6.55. The quantitative estimate of drug-likeness (QED) is 0.453. The summed E-state index contributed by atoms with van der Waals surface area (Å²) < 4.78 is 8.26. The minimum absolute atomic E-state index is 0.0943. The number of anilines is 1. The van der Waals surface area contributed by atoms with Crippen molar-refractivity contribution in [3.8, 4) is 5.75 Å². The Kier molecular flexibility index (Phi) is 5.41. The van der Waals surface area contributed by atoms with E-state index < -0.39 is 0 Å². The van der Waals surface area contributed by atoms with Gasteiger partial charge in [0, 0.05) is 17.9 Å². The molecule has 1 N–H and O–H groups in total. The molecule has 2 heterocycles. The minimum atomic E-state index is 0.0943. The van der Waals surface area contributed by atoms with E-state index in [1.54, 1.807) is 11.3 Å². The number of unbranched alkanes of at least 4 members (excludes halogenated alkanes) is 1. The van der Waals surface area contributed by atoms with Gasteiger partial charge in [-0.2, -0.15) is 0 Å². The summed E-state index contributed by atoms with van der Waals surface area (Å²) in [6.45, 7) is 0.714. The van der Waals surface area contributed by atoms with Gasteiger partial charge >= 0.3 is 0 Å². The molecule has 0 bridgehead atoms. The summed E-state index contributed by atoms with van der Waals surface area (Å²) in [7, 11) is 0. The number of carbonyl (C=O) groups is 1. The van der Waals surface area contributed by atoms with Gasteiger partial charge in [-0.1, -0.05) is 23.9 Å². The number of hydrogen-bond donors (Lipinski definition) is 1. The Hall–Kier alpha value is -2.05. The van der Waals surface area contributed by atoms with Crippen molar-refractivity contribution in [1.82, 2.24) is 4.98 Å². The van der Waals surface area contributed by atoms with Gasteiger partial charge in [0.15, 0.2) is 4.34 Å². The predicted molar refractivity (Wildman–Crippen MR) is 108 cm³/mol. The number of aromatic nitrogens is 1. The van der Waals surface area contributed by atoms with Crippen molar-refractivity contribution in [3.05, 3.63) is 48.0 Å². The average molecular weight is 385 g/mol. The third-order valence-electron chi connectivity index (χ3n) is 4.28. The number of benzene rings is 2. The average Bonchev–Trinajstić information content (AvgIpc) is 3.07.